The van der Waals surface area contributed by atoms with Crippen LogP contribution in [0.25, 0.3) is 0 Å². The number of aromatic nitrogens is 4. The molecule has 2 atom stereocenters. The highest BCUT2D eigenvalue weighted by molar-refractivity contribution is 5.76. The van der Waals surface area contributed by atoms with E-state index in [4.69, 9.17) is 9.47 Å². The van der Waals surface area contributed by atoms with E-state index in [0.29, 0.717) is 38.5 Å². The lowest BCUT2D eigenvalue weighted by Gasteiger charge is -2.32. The maximum atomic E-state index is 12.1. The lowest BCUT2D eigenvalue weighted by molar-refractivity contribution is -0.124. The SMILES string of the molecule is O=C(CCn1cncn1)N[C@@H]1CCOC[C@H]1Oc1ccccn1. The summed E-state index contributed by atoms with van der Waals surface area (Å²) in [6.07, 6.45) is 5.53. The Morgan fingerprint density at radius 2 is 2.43 bits per heavy atom. The van der Waals surface area contributed by atoms with Gasteiger partial charge in [-0.15, -0.1) is 0 Å². The number of amides is 1. The Morgan fingerprint density at radius 3 is 3.22 bits per heavy atom. The van der Waals surface area contributed by atoms with Crippen LogP contribution in [-0.2, 0) is 16.1 Å². The molecule has 3 rings (SSSR count). The zero-order valence-corrected chi connectivity index (χ0v) is 12.7. The second-order valence-electron chi connectivity index (χ2n) is 5.27. The second kappa shape index (κ2) is 7.68. The average molecular weight is 317 g/mol. The Hall–Kier alpha value is -2.48. The number of aryl methyl sites for hydroxylation is 1. The molecule has 2 aromatic rings. The fraction of sp³-hybridized carbons (Fsp3) is 0.467. The average Bonchev–Trinajstić information content (AvgIpc) is 3.09. The lowest BCUT2D eigenvalue weighted by Crippen LogP contribution is -2.51. The molecule has 0 unspecified atom stereocenters. The highest BCUT2D eigenvalue weighted by Gasteiger charge is 2.29. The van der Waals surface area contributed by atoms with Crippen molar-refractivity contribution in [2.75, 3.05) is 13.2 Å². The van der Waals surface area contributed by atoms with Crippen molar-refractivity contribution < 1.29 is 14.3 Å². The second-order valence-corrected chi connectivity index (χ2v) is 5.27. The number of hydrogen-bond donors (Lipinski definition) is 1. The van der Waals surface area contributed by atoms with Crippen LogP contribution >= 0.6 is 0 Å². The van der Waals surface area contributed by atoms with Crippen LogP contribution in [0.4, 0.5) is 0 Å². The summed E-state index contributed by atoms with van der Waals surface area (Å²) in [5.41, 5.74) is 0. The van der Waals surface area contributed by atoms with E-state index < -0.39 is 0 Å². The van der Waals surface area contributed by atoms with E-state index in [0.717, 1.165) is 0 Å². The summed E-state index contributed by atoms with van der Waals surface area (Å²) in [5, 5.41) is 7.00. The zero-order valence-electron chi connectivity index (χ0n) is 12.7. The Labute approximate surface area is 133 Å². The van der Waals surface area contributed by atoms with Gasteiger partial charge in [-0.25, -0.2) is 9.97 Å². The predicted octanol–water partition coefficient (Wildman–Crippen LogP) is 0.416. The first-order valence-electron chi connectivity index (χ1n) is 7.58. The number of nitrogens with one attached hydrogen (secondary N) is 1. The minimum atomic E-state index is -0.242. The van der Waals surface area contributed by atoms with Crippen LogP contribution in [0.2, 0.25) is 0 Å². The monoisotopic (exact) mass is 317 g/mol. The van der Waals surface area contributed by atoms with Gasteiger partial charge in [-0.1, -0.05) is 6.07 Å². The van der Waals surface area contributed by atoms with Crippen LogP contribution in [0.15, 0.2) is 37.1 Å². The van der Waals surface area contributed by atoms with Gasteiger partial charge in [0.25, 0.3) is 0 Å². The number of pyridine rings is 1. The molecule has 0 spiro atoms. The summed E-state index contributed by atoms with van der Waals surface area (Å²) in [5.74, 6) is 0.492. The minimum Gasteiger partial charge on any atom is -0.470 e. The summed E-state index contributed by atoms with van der Waals surface area (Å²) in [6, 6.07) is 5.39. The first-order chi connectivity index (χ1) is 11.3. The van der Waals surface area contributed by atoms with Gasteiger partial charge in [-0.2, -0.15) is 5.10 Å². The van der Waals surface area contributed by atoms with E-state index in [-0.39, 0.29) is 18.1 Å². The van der Waals surface area contributed by atoms with Crippen LogP contribution < -0.4 is 10.1 Å². The van der Waals surface area contributed by atoms with Gasteiger partial charge in [0.05, 0.1) is 19.2 Å². The van der Waals surface area contributed by atoms with Gasteiger partial charge in [0.2, 0.25) is 11.8 Å². The molecule has 0 aliphatic carbocycles. The Bertz CT molecular complexity index is 605. The van der Waals surface area contributed by atoms with Gasteiger partial charge in [-0.3, -0.25) is 9.48 Å². The van der Waals surface area contributed by atoms with Crippen LogP contribution in [0.5, 0.6) is 5.88 Å². The van der Waals surface area contributed by atoms with E-state index in [1.165, 1.54) is 6.33 Å². The van der Waals surface area contributed by atoms with E-state index in [1.54, 1.807) is 23.3 Å². The third-order valence-corrected chi connectivity index (χ3v) is 3.59. The standard InChI is InChI=1S/C15H19N5O3/c21-14(4-7-20-11-16-10-18-20)19-12-5-8-22-9-13(12)23-15-3-1-2-6-17-15/h1-3,6,10-13H,4-5,7-9H2,(H,19,21)/t12-,13-/m1/s1. The Balaban J connectivity index is 1.52. The predicted molar refractivity (Wildman–Crippen MR) is 80.7 cm³/mol. The number of carbonyl (C=O) groups is 1. The molecule has 122 valence electrons. The number of rotatable bonds is 6. The van der Waals surface area contributed by atoms with E-state index in [1.807, 2.05) is 12.1 Å². The molecule has 8 nitrogen and oxygen atoms in total. The van der Waals surface area contributed by atoms with Crippen LogP contribution in [0.3, 0.4) is 0 Å². The molecule has 1 aliphatic heterocycles. The molecule has 1 saturated heterocycles. The van der Waals surface area contributed by atoms with E-state index in [2.05, 4.69) is 20.4 Å². The van der Waals surface area contributed by atoms with E-state index >= 15 is 0 Å². The fourth-order valence-corrected chi connectivity index (χ4v) is 2.41. The number of carbonyl (C=O) groups excluding carboxylic acids is 1. The van der Waals surface area contributed by atoms with Crippen molar-refractivity contribution >= 4 is 5.91 Å². The third-order valence-electron chi connectivity index (χ3n) is 3.59. The number of nitrogens with zero attached hydrogens (tertiary/aromatic N) is 4. The van der Waals surface area contributed by atoms with Crippen molar-refractivity contribution in [3.8, 4) is 5.88 Å². The molecule has 1 amide bonds. The molecule has 2 aromatic heterocycles. The molecule has 0 saturated carbocycles. The summed E-state index contributed by atoms with van der Waals surface area (Å²) in [7, 11) is 0. The summed E-state index contributed by atoms with van der Waals surface area (Å²) >= 11 is 0. The van der Waals surface area contributed by atoms with Crippen molar-refractivity contribution in [3.05, 3.63) is 37.1 Å². The molecule has 8 heteroatoms. The van der Waals surface area contributed by atoms with Crippen molar-refractivity contribution in [3.63, 3.8) is 0 Å². The molecule has 3 heterocycles. The molecule has 0 aromatic carbocycles. The fourth-order valence-electron chi connectivity index (χ4n) is 2.41. The molecule has 0 bridgehead atoms. The third kappa shape index (κ3) is 4.49. The summed E-state index contributed by atoms with van der Waals surface area (Å²) in [4.78, 5) is 20.1. The zero-order chi connectivity index (χ0) is 15.9. The van der Waals surface area contributed by atoms with Gasteiger partial charge < -0.3 is 14.8 Å². The quantitative estimate of drug-likeness (QED) is 0.830. The molecule has 0 radical (unpaired) electrons. The van der Waals surface area contributed by atoms with E-state index in [9.17, 15) is 4.79 Å². The lowest BCUT2D eigenvalue weighted by atomic mass is 10.1. The molecule has 1 N–H and O–H groups in total. The van der Waals surface area contributed by atoms with Crippen LogP contribution in [0, 0.1) is 0 Å². The molecule has 1 aliphatic rings. The van der Waals surface area contributed by atoms with Crippen LogP contribution in [-0.4, -0.2) is 51.0 Å². The topological polar surface area (TPSA) is 91.2 Å². The molecular formula is C15H19N5O3. The van der Waals surface area contributed by atoms with Crippen molar-refractivity contribution in [1.29, 1.82) is 0 Å². The highest BCUT2D eigenvalue weighted by Crippen LogP contribution is 2.15. The molecule has 23 heavy (non-hydrogen) atoms. The van der Waals surface area contributed by atoms with Gasteiger partial charge in [-0.05, 0) is 12.5 Å². The van der Waals surface area contributed by atoms with Gasteiger partial charge in [0.1, 0.15) is 18.8 Å². The van der Waals surface area contributed by atoms with Crippen molar-refractivity contribution in [2.24, 2.45) is 0 Å². The first kappa shape index (κ1) is 15.4. The smallest absolute Gasteiger partial charge is 0.222 e. The summed E-state index contributed by atoms with van der Waals surface area (Å²) < 4.78 is 12.9. The molecular weight excluding hydrogens is 298 g/mol. The highest BCUT2D eigenvalue weighted by atomic mass is 16.5. The minimum absolute atomic E-state index is 0.0398. The van der Waals surface area contributed by atoms with Crippen molar-refractivity contribution in [1.82, 2.24) is 25.1 Å². The largest absolute Gasteiger partial charge is 0.470 e. The normalized spacial score (nSPS) is 20.9. The van der Waals surface area contributed by atoms with Crippen LogP contribution in [0.1, 0.15) is 12.8 Å². The Morgan fingerprint density at radius 1 is 1.48 bits per heavy atom. The van der Waals surface area contributed by atoms with Gasteiger partial charge >= 0.3 is 0 Å². The van der Waals surface area contributed by atoms with Gasteiger partial charge in [0.15, 0.2) is 0 Å². The molecule has 1 fully saturated rings. The van der Waals surface area contributed by atoms with Gasteiger partial charge in [0, 0.05) is 25.3 Å². The maximum Gasteiger partial charge on any atom is 0.222 e. The maximum absolute atomic E-state index is 12.1. The number of ether oxygens (including phenoxy) is 2. The van der Waals surface area contributed by atoms with Crippen molar-refractivity contribution in [2.45, 2.75) is 31.5 Å². The Kier molecular flexibility index (Phi) is 5.15. The number of hydrogen-bond acceptors (Lipinski definition) is 6. The first-order valence-corrected chi connectivity index (χ1v) is 7.58. The summed E-state index contributed by atoms with van der Waals surface area (Å²) in [6.45, 7) is 1.54.